The molecule has 1 N–H and O–H groups in total. The Hall–Kier alpha value is -1.44. The number of H-pyrrole nitrogens is 1. The molecule has 1 aromatic heterocycles. The predicted molar refractivity (Wildman–Crippen MR) is 58.2 cm³/mol. The van der Waals surface area contributed by atoms with E-state index in [4.69, 9.17) is 11.6 Å². The lowest BCUT2D eigenvalue weighted by Gasteiger charge is -2.27. The molecule has 0 fully saturated rings. The fourth-order valence-corrected chi connectivity index (χ4v) is 1.80. The molecule has 0 saturated heterocycles. The van der Waals surface area contributed by atoms with Crippen LogP contribution < -0.4 is 0 Å². The van der Waals surface area contributed by atoms with Gasteiger partial charge in [-0.3, -0.25) is 0 Å². The first-order valence-electron chi connectivity index (χ1n) is 5.08. The maximum absolute atomic E-state index is 13.4. The standard InChI is InChI=1S/C11H5ClF7N/c12-6-1-2-7-5(3-6)4-8(20-7)9(13,14)10(15,16)11(17,18)19/h1-4,20H. The van der Waals surface area contributed by atoms with Gasteiger partial charge in [-0.25, -0.2) is 0 Å². The second-order valence-electron chi connectivity index (χ2n) is 4.06. The van der Waals surface area contributed by atoms with Gasteiger partial charge in [0.05, 0.1) is 5.69 Å². The Labute approximate surface area is 112 Å². The van der Waals surface area contributed by atoms with Gasteiger partial charge in [0.1, 0.15) is 0 Å². The summed E-state index contributed by atoms with van der Waals surface area (Å²) in [6.45, 7) is 0. The number of hydrogen-bond acceptors (Lipinski definition) is 0. The summed E-state index contributed by atoms with van der Waals surface area (Å²) in [6, 6.07) is 4.16. The van der Waals surface area contributed by atoms with Crippen molar-refractivity contribution in [3.05, 3.63) is 35.0 Å². The maximum Gasteiger partial charge on any atom is 0.460 e. The van der Waals surface area contributed by atoms with Gasteiger partial charge >= 0.3 is 18.0 Å². The van der Waals surface area contributed by atoms with Crippen LogP contribution >= 0.6 is 11.6 Å². The van der Waals surface area contributed by atoms with Crippen LogP contribution in [-0.4, -0.2) is 17.1 Å². The van der Waals surface area contributed by atoms with Crippen molar-refractivity contribution in [2.24, 2.45) is 0 Å². The smallest absolute Gasteiger partial charge is 0.353 e. The number of nitrogens with one attached hydrogen (secondary N) is 1. The van der Waals surface area contributed by atoms with Crippen molar-refractivity contribution in [1.29, 1.82) is 0 Å². The quantitative estimate of drug-likeness (QED) is 0.740. The molecule has 1 nitrogen and oxygen atoms in total. The molecule has 0 atom stereocenters. The highest BCUT2D eigenvalue weighted by Gasteiger charge is 2.74. The second-order valence-corrected chi connectivity index (χ2v) is 4.50. The lowest BCUT2D eigenvalue weighted by Crippen LogP contribution is -2.50. The van der Waals surface area contributed by atoms with Crippen molar-refractivity contribution >= 4 is 22.5 Å². The van der Waals surface area contributed by atoms with Crippen LogP contribution in [0.5, 0.6) is 0 Å². The van der Waals surface area contributed by atoms with Gasteiger partial charge in [0, 0.05) is 15.9 Å². The molecule has 0 amide bonds. The zero-order chi connectivity index (χ0) is 15.3. The summed E-state index contributed by atoms with van der Waals surface area (Å²) in [6.07, 6.45) is -6.37. The Morgan fingerprint density at radius 2 is 1.50 bits per heavy atom. The maximum atomic E-state index is 13.4. The summed E-state index contributed by atoms with van der Waals surface area (Å²) >= 11 is 5.58. The number of aromatic nitrogens is 1. The van der Waals surface area contributed by atoms with E-state index in [1.807, 2.05) is 4.98 Å². The van der Waals surface area contributed by atoms with Gasteiger partial charge in [0.15, 0.2) is 0 Å². The van der Waals surface area contributed by atoms with Crippen LogP contribution in [0.2, 0.25) is 5.02 Å². The number of benzene rings is 1. The minimum Gasteiger partial charge on any atom is -0.353 e. The Balaban J connectivity index is 2.57. The number of fused-ring (bicyclic) bond motifs is 1. The highest BCUT2D eigenvalue weighted by molar-refractivity contribution is 6.31. The molecule has 2 rings (SSSR count). The summed E-state index contributed by atoms with van der Waals surface area (Å²) in [4.78, 5) is 1.85. The van der Waals surface area contributed by atoms with Gasteiger partial charge in [0.2, 0.25) is 0 Å². The predicted octanol–water partition coefficient (Wildman–Crippen LogP) is 5.11. The molecular formula is C11H5ClF7N. The van der Waals surface area contributed by atoms with Crippen molar-refractivity contribution in [3.8, 4) is 0 Å². The van der Waals surface area contributed by atoms with Crippen LogP contribution in [0.4, 0.5) is 30.7 Å². The van der Waals surface area contributed by atoms with Crippen LogP contribution in [0.1, 0.15) is 5.69 Å². The molecule has 0 saturated carbocycles. The monoisotopic (exact) mass is 319 g/mol. The van der Waals surface area contributed by atoms with Crippen molar-refractivity contribution in [1.82, 2.24) is 4.98 Å². The number of halogens is 8. The van der Waals surface area contributed by atoms with Crippen molar-refractivity contribution in [3.63, 3.8) is 0 Å². The third kappa shape index (κ3) is 2.11. The summed E-state index contributed by atoms with van der Waals surface area (Å²) in [5.41, 5.74) is -1.56. The van der Waals surface area contributed by atoms with E-state index in [0.29, 0.717) is 6.07 Å². The summed E-state index contributed by atoms with van der Waals surface area (Å²) in [7, 11) is 0. The Morgan fingerprint density at radius 3 is 2.05 bits per heavy atom. The third-order valence-corrected chi connectivity index (χ3v) is 2.91. The van der Waals surface area contributed by atoms with E-state index in [0.717, 1.165) is 0 Å². The molecule has 20 heavy (non-hydrogen) atoms. The first kappa shape index (κ1) is 15.0. The Bertz CT molecular complexity index is 644. The second kappa shape index (κ2) is 4.28. The zero-order valence-electron chi connectivity index (χ0n) is 9.33. The van der Waals surface area contributed by atoms with Crippen molar-refractivity contribution in [2.45, 2.75) is 18.0 Å². The summed E-state index contributed by atoms with van der Waals surface area (Å²) < 4.78 is 88.8. The molecule has 0 bridgehead atoms. The molecule has 0 unspecified atom stereocenters. The highest BCUT2D eigenvalue weighted by Crippen LogP contribution is 2.51. The first-order chi connectivity index (χ1) is 8.97. The van der Waals surface area contributed by atoms with Gasteiger partial charge in [-0.1, -0.05) is 11.6 Å². The van der Waals surface area contributed by atoms with Gasteiger partial charge < -0.3 is 4.98 Å². The van der Waals surface area contributed by atoms with E-state index in [-0.39, 0.29) is 15.9 Å². The normalized spacial score (nSPS) is 14.0. The van der Waals surface area contributed by atoms with Crippen LogP contribution in [0, 0.1) is 0 Å². The zero-order valence-corrected chi connectivity index (χ0v) is 10.1. The van der Waals surface area contributed by atoms with E-state index in [1.54, 1.807) is 0 Å². The van der Waals surface area contributed by atoms with E-state index >= 15 is 0 Å². The molecule has 1 heterocycles. The molecule has 2 aromatic rings. The topological polar surface area (TPSA) is 15.8 Å². The lowest BCUT2D eigenvalue weighted by molar-refractivity contribution is -0.360. The number of hydrogen-bond donors (Lipinski definition) is 1. The van der Waals surface area contributed by atoms with Gasteiger partial charge in [0.25, 0.3) is 0 Å². The van der Waals surface area contributed by atoms with Crippen LogP contribution in [0.15, 0.2) is 24.3 Å². The molecule has 0 aliphatic heterocycles. The molecule has 110 valence electrons. The van der Waals surface area contributed by atoms with E-state index in [1.165, 1.54) is 18.2 Å². The molecule has 0 aliphatic carbocycles. The number of alkyl halides is 7. The summed E-state index contributed by atoms with van der Waals surface area (Å²) in [5.74, 6) is -11.6. The Kier molecular flexibility index (Phi) is 3.20. The van der Waals surface area contributed by atoms with Gasteiger partial charge in [-0.2, -0.15) is 30.7 Å². The molecule has 0 aliphatic rings. The summed E-state index contributed by atoms with van der Waals surface area (Å²) in [5, 5.41) is 0.138. The Morgan fingerprint density at radius 1 is 0.900 bits per heavy atom. The molecule has 0 radical (unpaired) electrons. The average Bonchev–Trinajstić information content (AvgIpc) is 2.70. The lowest BCUT2D eigenvalue weighted by atomic mass is 10.1. The number of aromatic amines is 1. The molecular weight excluding hydrogens is 315 g/mol. The molecule has 1 aromatic carbocycles. The van der Waals surface area contributed by atoms with E-state index < -0.39 is 23.7 Å². The fraction of sp³-hybridized carbons (Fsp3) is 0.273. The van der Waals surface area contributed by atoms with Crippen LogP contribution in [0.3, 0.4) is 0 Å². The fourth-order valence-electron chi connectivity index (χ4n) is 1.62. The van der Waals surface area contributed by atoms with Gasteiger partial charge in [-0.15, -0.1) is 0 Å². The van der Waals surface area contributed by atoms with E-state index in [2.05, 4.69) is 0 Å². The SMILES string of the molecule is FC(F)(F)C(F)(F)C(F)(F)c1cc2cc(Cl)ccc2[nH]1. The van der Waals surface area contributed by atoms with Gasteiger partial charge in [-0.05, 0) is 24.3 Å². The van der Waals surface area contributed by atoms with Crippen LogP contribution in [-0.2, 0) is 5.92 Å². The highest BCUT2D eigenvalue weighted by atomic mass is 35.5. The minimum atomic E-state index is -6.37. The molecule has 0 spiro atoms. The van der Waals surface area contributed by atoms with Crippen LogP contribution in [0.25, 0.3) is 10.9 Å². The van der Waals surface area contributed by atoms with E-state index in [9.17, 15) is 30.7 Å². The largest absolute Gasteiger partial charge is 0.460 e. The average molecular weight is 320 g/mol. The third-order valence-electron chi connectivity index (χ3n) is 2.67. The van der Waals surface area contributed by atoms with Crippen molar-refractivity contribution < 1.29 is 30.7 Å². The number of rotatable bonds is 2. The minimum absolute atomic E-state index is 0.00477. The molecule has 9 heteroatoms. The van der Waals surface area contributed by atoms with Crippen molar-refractivity contribution in [2.75, 3.05) is 0 Å². The first-order valence-corrected chi connectivity index (χ1v) is 5.46.